The minimum Gasteiger partial charge on any atom is -0.480 e. The highest BCUT2D eigenvalue weighted by Gasteiger charge is 2.26. The fraction of sp³-hybridized carbons (Fsp3) is 0.391. The minimum atomic E-state index is -0.827. The van der Waals surface area contributed by atoms with E-state index in [0.29, 0.717) is 30.2 Å². The van der Waals surface area contributed by atoms with Crippen LogP contribution in [-0.4, -0.2) is 59.5 Å². The number of para-hydroxylation sites is 1. The molecule has 0 aliphatic carbocycles. The summed E-state index contributed by atoms with van der Waals surface area (Å²) < 4.78 is 6.02. The second kappa shape index (κ2) is 9.56. The quantitative estimate of drug-likeness (QED) is 0.804. The van der Waals surface area contributed by atoms with E-state index in [0.717, 1.165) is 24.8 Å². The van der Waals surface area contributed by atoms with Crippen molar-refractivity contribution in [2.24, 2.45) is 0 Å². The van der Waals surface area contributed by atoms with Gasteiger partial charge in [0.25, 0.3) is 5.91 Å². The zero-order valence-electron chi connectivity index (χ0n) is 17.0. The highest BCUT2D eigenvalue weighted by atomic mass is 16.5. The Morgan fingerprint density at radius 3 is 2.69 bits per heavy atom. The number of carbonyl (C=O) groups is 2. The van der Waals surface area contributed by atoms with Crippen LogP contribution in [0.3, 0.4) is 0 Å². The number of aliphatic carboxylic acids is 1. The number of hydrogen-bond acceptors (Lipinski definition) is 4. The van der Waals surface area contributed by atoms with Crippen LogP contribution in [0.2, 0.25) is 0 Å². The van der Waals surface area contributed by atoms with Gasteiger partial charge in [-0.3, -0.25) is 14.5 Å². The van der Waals surface area contributed by atoms with Crippen molar-refractivity contribution in [1.29, 1.82) is 0 Å². The lowest BCUT2D eigenvalue weighted by atomic mass is 10.1. The van der Waals surface area contributed by atoms with E-state index >= 15 is 0 Å². The Morgan fingerprint density at radius 2 is 1.93 bits per heavy atom. The Kier molecular flexibility index (Phi) is 6.88. The van der Waals surface area contributed by atoms with Gasteiger partial charge in [-0.25, -0.2) is 0 Å². The molecule has 1 heterocycles. The van der Waals surface area contributed by atoms with Gasteiger partial charge >= 0.3 is 5.97 Å². The largest absolute Gasteiger partial charge is 0.480 e. The number of amides is 1. The summed E-state index contributed by atoms with van der Waals surface area (Å²) in [4.78, 5) is 27.9. The average molecular weight is 396 g/mol. The second-order valence-electron chi connectivity index (χ2n) is 7.60. The first-order valence-electron chi connectivity index (χ1n) is 9.99. The fourth-order valence-electron chi connectivity index (χ4n) is 3.77. The van der Waals surface area contributed by atoms with Gasteiger partial charge in [0.2, 0.25) is 0 Å². The van der Waals surface area contributed by atoms with Crippen LogP contribution >= 0.6 is 0 Å². The molecule has 1 N–H and O–H groups in total. The van der Waals surface area contributed by atoms with E-state index in [4.69, 9.17) is 9.84 Å². The number of likely N-dealkylation sites (N-methyl/N-ethyl adjacent to an activating group) is 1. The summed E-state index contributed by atoms with van der Waals surface area (Å²) in [7, 11) is 1.83. The molecule has 1 saturated heterocycles. The molecule has 1 atom stereocenters. The Hall–Kier alpha value is -2.86. The number of carboxylic acid groups (broad SMARTS) is 1. The molecule has 0 spiro atoms. The van der Waals surface area contributed by atoms with Crippen molar-refractivity contribution < 1.29 is 19.4 Å². The van der Waals surface area contributed by atoms with Crippen LogP contribution in [0.5, 0.6) is 11.5 Å². The van der Waals surface area contributed by atoms with Gasteiger partial charge in [0.15, 0.2) is 0 Å². The number of aryl methyl sites for hydroxylation is 1. The highest BCUT2D eigenvalue weighted by Crippen LogP contribution is 2.28. The summed E-state index contributed by atoms with van der Waals surface area (Å²) in [5.74, 6) is 0.380. The number of likely N-dealkylation sites (tertiary alicyclic amines) is 1. The molecule has 1 aliphatic rings. The molecule has 6 heteroatoms. The van der Waals surface area contributed by atoms with Crippen molar-refractivity contribution >= 4 is 11.9 Å². The summed E-state index contributed by atoms with van der Waals surface area (Å²) in [6.45, 7) is 3.28. The molecule has 0 saturated carbocycles. The number of benzene rings is 2. The molecule has 29 heavy (non-hydrogen) atoms. The van der Waals surface area contributed by atoms with Gasteiger partial charge < -0.3 is 14.7 Å². The van der Waals surface area contributed by atoms with Crippen LogP contribution in [0, 0.1) is 6.92 Å². The second-order valence-corrected chi connectivity index (χ2v) is 7.60. The maximum Gasteiger partial charge on any atom is 0.317 e. The number of ether oxygens (including phenoxy) is 1. The van der Waals surface area contributed by atoms with Crippen LogP contribution in [0.25, 0.3) is 0 Å². The molecule has 2 aromatic carbocycles. The van der Waals surface area contributed by atoms with E-state index in [1.165, 1.54) is 0 Å². The van der Waals surface area contributed by atoms with Crippen molar-refractivity contribution in [3.63, 3.8) is 0 Å². The van der Waals surface area contributed by atoms with Gasteiger partial charge in [0, 0.05) is 19.1 Å². The Morgan fingerprint density at radius 1 is 1.14 bits per heavy atom. The molecule has 6 nitrogen and oxygen atoms in total. The van der Waals surface area contributed by atoms with Gasteiger partial charge in [-0.1, -0.05) is 24.3 Å². The molecule has 3 rings (SSSR count). The Labute approximate surface area is 171 Å². The lowest BCUT2D eigenvalue weighted by Crippen LogP contribution is -2.37. The van der Waals surface area contributed by atoms with Crippen molar-refractivity contribution in [3.8, 4) is 11.5 Å². The fourth-order valence-corrected chi connectivity index (χ4v) is 3.77. The standard InChI is InChI=1S/C23H28N2O4/c1-17-7-5-9-19(15-17)29-21-11-4-3-10-20(21)23(28)25-13-6-8-18(12-14-25)24(2)16-22(26)27/h3-5,7,9-11,15,18H,6,8,12-14,16H2,1-2H3,(H,26,27). The van der Waals surface area contributed by atoms with Crippen molar-refractivity contribution in [2.45, 2.75) is 32.2 Å². The predicted octanol–water partition coefficient (Wildman–Crippen LogP) is 3.80. The normalized spacial score (nSPS) is 17.1. The van der Waals surface area contributed by atoms with Crippen molar-refractivity contribution in [3.05, 3.63) is 59.7 Å². The van der Waals surface area contributed by atoms with Gasteiger partial charge in [-0.15, -0.1) is 0 Å². The van der Waals surface area contributed by atoms with Gasteiger partial charge in [-0.2, -0.15) is 0 Å². The number of hydrogen-bond donors (Lipinski definition) is 1. The van der Waals surface area contributed by atoms with Crippen LogP contribution in [0.1, 0.15) is 35.2 Å². The number of rotatable bonds is 6. The number of nitrogens with zero attached hydrogens (tertiary/aromatic N) is 2. The summed E-state index contributed by atoms with van der Waals surface area (Å²) in [6.07, 6.45) is 2.49. The van der Waals surface area contributed by atoms with E-state index < -0.39 is 5.97 Å². The average Bonchev–Trinajstić information content (AvgIpc) is 2.94. The molecule has 0 bridgehead atoms. The molecule has 1 unspecified atom stereocenters. The molecule has 0 aromatic heterocycles. The van der Waals surface area contributed by atoms with Crippen LogP contribution in [0.4, 0.5) is 0 Å². The number of carboxylic acids is 1. The number of carbonyl (C=O) groups excluding carboxylic acids is 1. The first-order chi connectivity index (χ1) is 13.9. The van der Waals surface area contributed by atoms with E-state index in [1.54, 1.807) is 6.07 Å². The van der Waals surface area contributed by atoms with Gasteiger partial charge in [0.05, 0.1) is 12.1 Å². The van der Waals surface area contributed by atoms with E-state index in [2.05, 4.69) is 0 Å². The van der Waals surface area contributed by atoms with Crippen molar-refractivity contribution in [2.75, 3.05) is 26.7 Å². The third-order valence-corrected chi connectivity index (χ3v) is 5.33. The van der Waals surface area contributed by atoms with Crippen LogP contribution in [0.15, 0.2) is 48.5 Å². The first-order valence-corrected chi connectivity index (χ1v) is 9.99. The van der Waals surface area contributed by atoms with E-state index in [1.807, 2.05) is 66.2 Å². The molecule has 2 aromatic rings. The van der Waals surface area contributed by atoms with Crippen LogP contribution in [-0.2, 0) is 4.79 Å². The lowest BCUT2D eigenvalue weighted by Gasteiger charge is -2.26. The van der Waals surface area contributed by atoms with E-state index in [9.17, 15) is 9.59 Å². The topological polar surface area (TPSA) is 70.1 Å². The van der Waals surface area contributed by atoms with Crippen molar-refractivity contribution in [1.82, 2.24) is 9.80 Å². The van der Waals surface area contributed by atoms with Gasteiger partial charge in [-0.05, 0) is 63.1 Å². The molecule has 154 valence electrons. The maximum absolute atomic E-state index is 13.2. The monoisotopic (exact) mass is 396 g/mol. The minimum absolute atomic E-state index is 0.0196. The van der Waals surface area contributed by atoms with Crippen LogP contribution < -0.4 is 4.74 Å². The zero-order chi connectivity index (χ0) is 20.8. The SMILES string of the molecule is Cc1cccc(Oc2ccccc2C(=O)N2CCCC(N(C)CC(=O)O)CC2)c1. The third-order valence-electron chi connectivity index (χ3n) is 5.33. The smallest absolute Gasteiger partial charge is 0.317 e. The molecular weight excluding hydrogens is 368 g/mol. The van der Waals surface area contributed by atoms with Gasteiger partial charge in [0.1, 0.15) is 11.5 Å². The zero-order valence-corrected chi connectivity index (χ0v) is 17.0. The molecule has 1 aliphatic heterocycles. The third kappa shape index (κ3) is 5.57. The molecule has 1 amide bonds. The molecule has 1 fully saturated rings. The van der Waals surface area contributed by atoms with E-state index in [-0.39, 0.29) is 18.5 Å². The Balaban J connectivity index is 1.71. The summed E-state index contributed by atoms with van der Waals surface area (Å²) in [5, 5.41) is 9.02. The highest BCUT2D eigenvalue weighted by molar-refractivity contribution is 5.97. The lowest BCUT2D eigenvalue weighted by molar-refractivity contribution is -0.138. The summed E-state index contributed by atoms with van der Waals surface area (Å²) in [5.41, 5.74) is 1.64. The molecule has 0 radical (unpaired) electrons. The predicted molar refractivity (Wildman–Crippen MR) is 112 cm³/mol. The summed E-state index contributed by atoms with van der Waals surface area (Å²) >= 11 is 0. The maximum atomic E-state index is 13.2. The first kappa shape index (κ1) is 20.9. The molecular formula is C23H28N2O4. The summed E-state index contributed by atoms with van der Waals surface area (Å²) in [6, 6.07) is 15.2. The Bertz CT molecular complexity index is 867.